The summed E-state index contributed by atoms with van der Waals surface area (Å²) in [5.74, 6) is -3.58. The zero-order valence-corrected chi connectivity index (χ0v) is 11.0. The molecule has 0 saturated heterocycles. The van der Waals surface area contributed by atoms with Gasteiger partial charge in [0.1, 0.15) is 5.82 Å². The van der Waals surface area contributed by atoms with E-state index >= 15 is 0 Å². The third-order valence-electron chi connectivity index (χ3n) is 3.79. The van der Waals surface area contributed by atoms with E-state index in [9.17, 15) is 18.8 Å². The van der Waals surface area contributed by atoms with Gasteiger partial charge in [-0.1, -0.05) is 0 Å². The van der Waals surface area contributed by atoms with Crippen LogP contribution in [0.5, 0.6) is 0 Å². The quantitative estimate of drug-likeness (QED) is 0.784. The van der Waals surface area contributed by atoms with Gasteiger partial charge in [0, 0.05) is 12.1 Å². The van der Waals surface area contributed by atoms with Crippen molar-refractivity contribution < 1.29 is 23.9 Å². The Labute approximate surface area is 119 Å². The third-order valence-corrected chi connectivity index (χ3v) is 3.79. The average Bonchev–Trinajstić information content (AvgIpc) is 3.20. The molecule has 21 heavy (non-hydrogen) atoms. The van der Waals surface area contributed by atoms with Gasteiger partial charge in [-0.3, -0.25) is 14.4 Å². The van der Waals surface area contributed by atoms with E-state index in [4.69, 9.17) is 5.11 Å². The minimum absolute atomic E-state index is 0.0445. The van der Waals surface area contributed by atoms with Gasteiger partial charge in [0.2, 0.25) is 11.8 Å². The normalized spacial score (nSPS) is 23.0. The third kappa shape index (κ3) is 2.58. The number of hydrogen-bond donors (Lipinski definition) is 3. The Morgan fingerprint density at radius 1 is 1.29 bits per heavy atom. The second-order valence-electron chi connectivity index (χ2n) is 5.31. The van der Waals surface area contributed by atoms with Crippen molar-refractivity contribution in [3.05, 3.63) is 23.5 Å². The monoisotopic (exact) mass is 292 g/mol. The second kappa shape index (κ2) is 4.83. The lowest BCUT2D eigenvalue weighted by Crippen LogP contribution is -2.21. The lowest BCUT2D eigenvalue weighted by Gasteiger charge is -2.18. The van der Waals surface area contributed by atoms with E-state index in [1.807, 2.05) is 0 Å². The average molecular weight is 292 g/mol. The molecule has 3 N–H and O–H groups in total. The van der Waals surface area contributed by atoms with Crippen LogP contribution in [0.15, 0.2) is 12.1 Å². The van der Waals surface area contributed by atoms with E-state index in [2.05, 4.69) is 10.6 Å². The van der Waals surface area contributed by atoms with E-state index in [0.717, 1.165) is 0 Å². The molecule has 2 aliphatic rings. The molecule has 110 valence electrons. The number of benzene rings is 1. The molecule has 0 radical (unpaired) electrons. The van der Waals surface area contributed by atoms with E-state index < -0.39 is 29.5 Å². The highest BCUT2D eigenvalue weighted by atomic mass is 19.1. The fourth-order valence-corrected chi connectivity index (χ4v) is 2.48. The number of carbonyl (C=O) groups excluding carboxylic acids is 2. The maximum Gasteiger partial charge on any atom is 0.307 e. The van der Waals surface area contributed by atoms with Gasteiger partial charge in [-0.05, 0) is 30.5 Å². The Morgan fingerprint density at radius 2 is 2.05 bits per heavy atom. The summed E-state index contributed by atoms with van der Waals surface area (Å²) in [6, 6.07) is 2.66. The molecule has 2 amide bonds. The molecular formula is C14H13FN2O4. The molecule has 0 spiro atoms. The lowest BCUT2D eigenvalue weighted by molar-refractivity contribution is -0.139. The maximum atomic E-state index is 13.9. The number of nitrogens with one attached hydrogen (secondary N) is 2. The minimum atomic E-state index is -1.02. The van der Waals surface area contributed by atoms with Gasteiger partial charge in [-0.15, -0.1) is 0 Å². The minimum Gasteiger partial charge on any atom is -0.481 e. The number of carboxylic acid groups (broad SMARTS) is 1. The second-order valence-corrected chi connectivity index (χ2v) is 5.31. The van der Waals surface area contributed by atoms with Crippen molar-refractivity contribution in [3.8, 4) is 0 Å². The van der Waals surface area contributed by atoms with Crippen LogP contribution < -0.4 is 10.6 Å². The summed E-state index contributed by atoms with van der Waals surface area (Å²) in [4.78, 5) is 33.9. The predicted molar refractivity (Wildman–Crippen MR) is 71.2 cm³/mol. The predicted octanol–water partition coefficient (Wildman–Crippen LogP) is 1.37. The van der Waals surface area contributed by atoms with E-state index in [0.29, 0.717) is 24.1 Å². The zero-order valence-electron chi connectivity index (χ0n) is 11.0. The van der Waals surface area contributed by atoms with Gasteiger partial charge in [0.25, 0.3) is 0 Å². The molecule has 0 bridgehead atoms. The number of aliphatic carboxylic acids is 1. The Kier molecular flexibility index (Phi) is 3.12. The van der Waals surface area contributed by atoms with Crippen LogP contribution in [0, 0.1) is 17.7 Å². The highest BCUT2D eigenvalue weighted by Gasteiger charge is 2.48. The SMILES string of the molecule is O=C1CCc2cc(F)c(NC(=O)[C@@H]3C[C@@H]3C(=O)O)cc2N1. The Hall–Kier alpha value is -2.44. The molecule has 0 aromatic heterocycles. The largest absolute Gasteiger partial charge is 0.481 e. The van der Waals surface area contributed by atoms with Crippen LogP contribution in [0.2, 0.25) is 0 Å². The number of rotatable bonds is 3. The van der Waals surface area contributed by atoms with Gasteiger partial charge < -0.3 is 15.7 Å². The fourth-order valence-electron chi connectivity index (χ4n) is 2.48. The lowest BCUT2D eigenvalue weighted by atomic mass is 10.0. The number of fused-ring (bicyclic) bond motifs is 1. The van der Waals surface area contributed by atoms with Crippen molar-refractivity contribution >= 4 is 29.2 Å². The van der Waals surface area contributed by atoms with Gasteiger partial charge in [-0.2, -0.15) is 0 Å². The smallest absolute Gasteiger partial charge is 0.307 e. The van der Waals surface area contributed by atoms with E-state index in [-0.39, 0.29) is 18.0 Å². The fraction of sp³-hybridized carbons (Fsp3) is 0.357. The molecule has 2 atom stereocenters. The molecule has 1 aliphatic carbocycles. The number of carbonyl (C=O) groups is 3. The molecule has 1 aliphatic heterocycles. The molecular weight excluding hydrogens is 279 g/mol. The van der Waals surface area contributed by atoms with Crippen LogP contribution in [0.1, 0.15) is 18.4 Å². The van der Waals surface area contributed by atoms with Crippen LogP contribution in [0.4, 0.5) is 15.8 Å². The van der Waals surface area contributed by atoms with Crippen LogP contribution >= 0.6 is 0 Å². The Balaban J connectivity index is 1.77. The summed E-state index contributed by atoms with van der Waals surface area (Å²) in [6.07, 6.45) is 1.03. The van der Waals surface area contributed by atoms with E-state index in [1.165, 1.54) is 12.1 Å². The molecule has 0 unspecified atom stereocenters. The van der Waals surface area contributed by atoms with Crippen LogP contribution in [-0.4, -0.2) is 22.9 Å². The zero-order chi connectivity index (χ0) is 15.1. The number of hydrogen-bond acceptors (Lipinski definition) is 3. The molecule has 1 fully saturated rings. The molecule has 1 saturated carbocycles. The summed E-state index contributed by atoms with van der Waals surface area (Å²) in [6.45, 7) is 0. The number of anilines is 2. The van der Waals surface area contributed by atoms with Gasteiger partial charge in [0.15, 0.2) is 0 Å². The maximum absolute atomic E-state index is 13.9. The first-order valence-electron chi connectivity index (χ1n) is 6.61. The summed E-state index contributed by atoms with van der Waals surface area (Å²) in [5, 5.41) is 13.8. The molecule has 6 nitrogen and oxygen atoms in total. The number of halogens is 1. The van der Waals surface area contributed by atoms with Gasteiger partial charge >= 0.3 is 5.97 Å². The molecule has 1 aromatic carbocycles. The summed E-state index contributed by atoms with van der Waals surface area (Å²) < 4.78 is 13.9. The summed E-state index contributed by atoms with van der Waals surface area (Å²) in [5.41, 5.74) is 1.12. The summed E-state index contributed by atoms with van der Waals surface area (Å²) >= 11 is 0. The standard InChI is InChI=1S/C14H13FN2O4/c15-9-3-6-1-2-12(18)16-10(6)5-11(9)17-13(19)7-4-8(7)14(20)21/h3,5,7-8H,1-2,4H2,(H,16,18)(H,17,19)(H,20,21)/t7-,8+/m1/s1. The first-order valence-corrected chi connectivity index (χ1v) is 6.61. The molecule has 3 rings (SSSR count). The highest BCUT2D eigenvalue weighted by Crippen LogP contribution is 2.40. The Bertz CT molecular complexity index is 659. The van der Waals surface area contributed by atoms with E-state index in [1.54, 1.807) is 0 Å². The van der Waals surface area contributed by atoms with Crippen molar-refractivity contribution in [2.75, 3.05) is 10.6 Å². The van der Waals surface area contributed by atoms with Crippen LogP contribution in [0.25, 0.3) is 0 Å². The molecule has 7 heteroatoms. The van der Waals surface area contributed by atoms with Crippen molar-refractivity contribution in [2.24, 2.45) is 11.8 Å². The van der Waals surface area contributed by atoms with Gasteiger partial charge in [-0.25, -0.2) is 4.39 Å². The van der Waals surface area contributed by atoms with Crippen LogP contribution in [-0.2, 0) is 20.8 Å². The van der Waals surface area contributed by atoms with Gasteiger partial charge in [0.05, 0.1) is 17.5 Å². The molecule has 1 aromatic rings. The summed E-state index contributed by atoms with van der Waals surface area (Å²) in [7, 11) is 0. The van der Waals surface area contributed by atoms with Crippen molar-refractivity contribution in [1.29, 1.82) is 0 Å². The molecule has 1 heterocycles. The highest BCUT2D eigenvalue weighted by molar-refractivity contribution is 6.00. The van der Waals surface area contributed by atoms with Crippen molar-refractivity contribution in [2.45, 2.75) is 19.3 Å². The first-order chi connectivity index (χ1) is 9.95. The Morgan fingerprint density at radius 3 is 2.71 bits per heavy atom. The number of aryl methyl sites for hydroxylation is 1. The van der Waals surface area contributed by atoms with Crippen molar-refractivity contribution in [3.63, 3.8) is 0 Å². The number of carboxylic acids is 1. The van der Waals surface area contributed by atoms with Crippen LogP contribution in [0.3, 0.4) is 0 Å². The first kappa shape index (κ1) is 13.5. The topological polar surface area (TPSA) is 95.5 Å². The number of amides is 2. The van der Waals surface area contributed by atoms with Crippen molar-refractivity contribution in [1.82, 2.24) is 0 Å².